The third kappa shape index (κ3) is 4.25. The first-order valence-electron chi connectivity index (χ1n) is 7.39. The van der Waals surface area contributed by atoms with Gasteiger partial charge in [0.25, 0.3) is 0 Å². The van der Waals surface area contributed by atoms with Crippen LogP contribution in [0.15, 0.2) is 0 Å². The summed E-state index contributed by atoms with van der Waals surface area (Å²) in [6.07, 6.45) is 2.90. The number of hydrogen-bond donors (Lipinski definition) is 1. The molecule has 2 unspecified atom stereocenters. The minimum atomic E-state index is -0.290. The van der Waals surface area contributed by atoms with Crippen LogP contribution in [0.2, 0.25) is 0 Å². The zero-order valence-corrected chi connectivity index (χ0v) is 12.2. The smallest absolute Gasteiger partial charge is 0.239 e. The molecule has 4 heteroatoms. The summed E-state index contributed by atoms with van der Waals surface area (Å²) in [7, 11) is 0. The SMILES string of the molecule is CCCC(N)C(=O)N1CCC(CN(CC)CC)C1. The highest BCUT2D eigenvalue weighted by molar-refractivity contribution is 5.81. The van der Waals surface area contributed by atoms with Gasteiger partial charge < -0.3 is 15.5 Å². The van der Waals surface area contributed by atoms with E-state index in [1.54, 1.807) is 0 Å². The van der Waals surface area contributed by atoms with Crippen molar-refractivity contribution in [3.05, 3.63) is 0 Å². The Labute approximate surface area is 111 Å². The van der Waals surface area contributed by atoms with Crippen LogP contribution in [0.3, 0.4) is 0 Å². The van der Waals surface area contributed by atoms with Gasteiger partial charge in [-0.25, -0.2) is 0 Å². The maximum absolute atomic E-state index is 12.1. The van der Waals surface area contributed by atoms with Crippen LogP contribution in [-0.2, 0) is 4.79 Å². The minimum Gasteiger partial charge on any atom is -0.341 e. The highest BCUT2D eigenvalue weighted by Gasteiger charge is 2.29. The lowest BCUT2D eigenvalue weighted by Gasteiger charge is -2.23. The van der Waals surface area contributed by atoms with E-state index in [1.165, 1.54) is 0 Å². The Morgan fingerprint density at radius 3 is 2.61 bits per heavy atom. The number of amides is 1. The molecule has 106 valence electrons. The molecule has 2 N–H and O–H groups in total. The molecule has 1 amide bonds. The quantitative estimate of drug-likeness (QED) is 0.746. The second-order valence-electron chi connectivity index (χ2n) is 5.32. The fraction of sp³-hybridized carbons (Fsp3) is 0.929. The summed E-state index contributed by atoms with van der Waals surface area (Å²) in [4.78, 5) is 16.5. The molecule has 1 heterocycles. The van der Waals surface area contributed by atoms with Crippen LogP contribution < -0.4 is 5.73 Å². The highest BCUT2D eigenvalue weighted by Crippen LogP contribution is 2.18. The third-order valence-corrected chi connectivity index (χ3v) is 3.93. The van der Waals surface area contributed by atoms with E-state index < -0.39 is 0 Å². The number of likely N-dealkylation sites (tertiary alicyclic amines) is 1. The average Bonchev–Trinajstić information content (AvgIpc) is 2.83. The first-order valence-corrected chi connectivity index (χ1v) is 7.39. The van der Waals surface area contributed by atoms with Crippen molar-refractivity contribution >= 4 is 5.91 Å². The molecule has 1 aliphatic rings. The molecule has 18 heavy (non-hydrogen) atoms. The van der Waals surface area contributed by atoms with Crippen LogP contribution >= 0.6 is 0 Å². The van der Waals surface area contributed by atoms with Gasteiger partial charge in [-0.2, -0.15) is 0 Å². The predicted molar refractivity (Wildman–Crippen MR) is 75.4 cm³/mol. The fourth-order valence-corrected chi connectivity index (χ4v) is 2.70. The minimum absolute atomic E-state index is 0.152. The van der Waals surface area contributed by atoms with Crippen molar-refractivity contribution in [3.63, 3.8) is 0 Å². The maximum Gasteiger partial charge on any atom is 0.239 e. The summed E-state index contributed by atoms with van der Waals surface area (Å²) < 4.78 is 0. The van der Waals surface area contributed by atoms with Gasteiger partial charge in [0.1, 0.15) is 0 Å². The lowest BCUT2D eigenvalue weighted by atomic mass is 10.1. The summed E-state index contributed by atoms with van der Waals surface area (Å²) in [6.45, 7) is 11.5. The zero-order chi connectivity index (χ0) is 13.5. The van der Waals surface area contributed by atoms with Gasteiger partial charge in [-0.1, -0.05) is 27.2 Å². The predicted octanol–water partition coefficient (Wildman–Crippen LogP) is 1.30. The van der Waals surface area contributed by atoms with Crippen molar-refractivity contribution in [3.8, 4) is 0 Å². The first kappa shape index (κ1) is 15.4. The molecule has 0 saturated carbocycles. The highest BCUT2D eigenvalue weighted by atomic mass is 16.2. The van der Waals surface area contributed by atoms with Crippen molar-refractivity contribution in [1.29, 1.82) is 0 Å². The van der Waals surface area contributed by atoms with E-state index >= 15 is 0 Å². The Balaban J connectivity index is 2.38. The molecular weight excluding hydrogens is 226 g/mol. The van der Waals surface area contributed by atoms with Crippen LogP contribution in [0, 0.1) is 5.92 Å². The van der Waals surface area contributed by atoms with Crippen molar-refractivity contribution in [2.45, 2.75) is 46.1 Å². The molecule has 1 aliphatic heterocycles. The van der Waals surface area contributed by atoms with E-state index in [1.807, 2.05) is 4.90 Å². The van der Waals surface area contributed by atoms with Gasteiger partial charge in [0.15, 0.2) is 0 Å². The number of nitrogens with zero attached hydrogens (tertiary/aromatic N) is 2. The van der Waals surface area contributed by atoms with Crippen LogP contribution in [0.4, 0.5) is 0 Å². The second-order valence-corrected chi connectivity index (χ2v) is 5.32. The Morgan fingerprint density at radius 2 is 2.06 bits per heavy atom. The molecule has 1 fully saturated rings. The zero-order valence-electron chi connectivity index (χ0n) is 12.2. The molecule has 4 nitrogen and oxygen atoms in total. The Hall–Kier alpha value is -0.610. The van der Waals surface area contributed by atoms with Gasteiger partial charge >= 0.3 is 0 Å². The maximum atomic E-state index is 12.1. The van der Waals surface area contributed by atoms with Gasteiger partial charge in [-0.3, -0.25) is 4.79 Å². The number of hydrogen-bond acceptors (Lipinski definition) is 3. The van der Waals surface area contributed by atoms with Gasteiger partial charge in [0, 0.05) is 19.6 Å². The molecular formula is C14H29N3O. The number of carbonyl (C=O) groups is 1. The molecule has 0 aliphatic carbocycles. The van der Waals surface area contributed by atoms with E-state index in [-0.39, 0.29) is 11.9 Å². The van der Waals surface area contributed by atoms with E-state index in [0.717, 1.165) is 52.0 Å². The molecule has 1 rings (SSSR count). The molecule has 0 aromatic rings. The summed E-state index contributed by atoms with van der Waals surface area (Å²) in [6, 6.07) is -0.290. The largest absolute Gasteiger partial charge is 0.341 e. The van der Waals surface area contributed by atoms with Crippen molar-refractivity contribution in [1.82, 2.24) is 9.80 Å². The van der Waals surface area contributed by atoms with Crippen LogP contribution in [0.5, 0.6) is 0 Å². The lowest BCUT2D eigenvalue weighted by Crippen LogP contribution is -2.43. The van der Waals surface area contributed by atoms with Gasteiger partial charge in [0.2, 0.25) is 5.91 Å². The molecule has 0 bridgehead atoms. The van der Waals surface area contributed by atoms with Gasteiger partial charge in [-0.15, -0.1) is 0 Å². The van der Waals surface area contributed by atoms with E-state index in [9.17, 15) is 4.79 Å². The molecule has 0 aromatic heterocycles. The van der Waals surface area contributed by atoms with E-state index in [4.69, 9.17) is 5.73 Å². The first-order chi connectivity index (χ1) is 8.62. The Morgan fingerprint density at radius 1 is 1.39 bits per heavy atom. The number of carbonyl (C=O) groups excluding carboxylic acids is 1. The fourth-order valence-electron chi connectivity index (χ4n) is 2.70. The third-order valence-electron chi connectivity index (χ3n) is 3.93. The standard InChI is InChI=1S/C14H29N3O/c1-4-7-13(15)14(18)17-9-8-12(11-17)10-16(5-2)6-3/h12-13H,4-11,15H2,1-3H3. The van der Waals surface area contributed by atoms with Gasteiger partial charge in [0.05, 0.1) is 6.04 Å². The van der Waals surface area contributed by atoms with Crippen LogP contribution in [0.25, 0.3) is 0 Å². The normalized spacial score (nSPS) is 21.6. The second kappa shape index (κ2) is 7.74. The molecule has 0 radical (unpaired) electrons. The molecule has 1 saturated heterocycles. The Kier molecular flexibility index (Phi) is 6.65. The monoisotopic (exact) mass is 255 g/mol. The van der Waals surface area contributed by atoms with Crippen molar-refractivity contribution in [2.24, 2.45) is 11.7 Å². The number of rotatable bonds is 7. The van der Waals surface area contributed by atoms with Crippen LogP contribution in [-0.4, -0.2) is 54.5 Å². The summed E-state index contributed by atoms with van der Waals surface area (Å²) in [5.74, 6) is 0.779. The number of nitrogens with two attached hydrogens (primary N) is 1. The summed E-state index contributed by atoms with van der Waals surface area (Å²) in [5, 5.41) is 0. The molecule has 0 spiro atoms. The molecule has 0 aromatic carbocycles. The molecule has 2 atom stereocenters. The summed E-state index contributed by atoms with van der Waals surface area (Å²) >= 11 is 0. The van der Waals surface area contributed by atoms with E-state index in [0.29, 0.717) is 5.92 Å². The Bertz CT molecular complexity index is 253. The van der Waals surface area contributed by atoms with E-state index in [2.05, 4.69) is 25.7 Å². The average molecular weight is 255 g/mol. The van der Waals surface area contributed by atoms with Crippen molar-refractivity contribution in [2.75, 3.05) is 32.7 Å². The van der Waals surface area contributed by atoms with Crippen LogP contribution in [0.1, 0.15) is 40.0 Å². The topological polar surface area (TPSA) is 49.6 Å². The van der Waals surface area contributed by atoms with Crippen molar-refractivity contribution < 1.29 is 4.79 Å². The summed E-state index contributed by atoms with van der Waals surface area (Å²) in [5.41, 5.74) is 5.90. The lowest BCUT2D eigenvalue weighted by molar-refractivity contribution is -0.131. The van der Waals surface area contributed by atoms with Gasteiger partial charge in [-0.05, 0) is 31.8 Å².